The number of hydrogen-bond acceptors (Lipinski definition) is 4. The average molecular weight is 218 g/mol. The molecule has 0 saturated heterocycles. The monoisotopic (exact) mass is 218 g/mol. The first-order chi connectivity index (χ1) is 7.25. The minimum atomic E-state index is -0.265. The summed E-state index contributed by atoms with van der Waals surface area (Å²) in [7, 11) is 0. The zero-order chi connectivity index (χ0) is 10.7. The predicted octanol–water partition coefficient (Wildman–Crippen LogP) is 0.661. The Morgan fingerprint density at radius 2 is 1.93 bits per heavy atom. The van der Waals surface area contributed by atoms with E-state index in [0.29, 0.717) is 12.1 Å². The van der Waals surface area contributed by atoms with Gasteiger partial charge in [-0.05, 0) is 5.56 Å². The smallest absolute Gasteiger partial charge is 0.271 e. The van der Waals surface area contributed by atoms with Crippen LogP contribution in [0.4, 0.5) is 0 Å². The maximum absolute atomic E-state index is 11.4. The van der Waals surface area contributed by atoms with E-state index in [4.69, 9.17) is 12.6 Å². The van der Waals surface area contributed by atoms with Gasteiger partial charge in [0.25, 0.3) is 5.56 Å². The average Bonchev–Trinajstić information content (AvgIpc) is 2.24. The highest BCUT2D eigenvalue weighted by molar-refractivity contribution is 7.58. The molecular formula is C10H8N3OS-. The molecule has 0 spiro atoms. The second-order valence-electron chi connectivity index (χ2n) is 3.07. The normalized spacial score (nSPS) is 10.1. The molecule has 1 N–H and O–H groups in total. The Morgan fingerprint density at radius 3 is 2.60 bits per heavy atom. The van der Waals surface area contributed by atoms with Crippen molar-refractivity contribution in [2.75, 3.05) is 0 Å². The van der Waals surface area contributed by atoms with Crippen LogP contribution in [0.15, 0.2) is 40.3 Å². The van der Waals surface area contributed by atoms with Gasteiger partial charge in [0.05, 0.1) is 0 Å². The Balaban J connectivity index is 2.29. The number of aromatic nitrogens is 3. The zero-order valence-corrected chi connectivity index (χ0v) is 8.62. The number of aromatic amines is 1. The van der Waals surface area contributed by atoms with Gasteiger partial charge in [0.1, 0.15) is 5.69 Å². The molecule has 0 atom stereocenters. The third kappa shape index (κ3) is 2.38. The molecule has 1 aromatic carbocycles. The quantitative estimate of drug-likeness (QED) is 0.752. The van der Waals surface area contributed by atoms with Gasteiger partial charge in [-0.1, -0.05) is 30.3 Å². The second kappa shape index (κ2) is 4.18. The summed E-state index contributed by atoms with van der Waals surface area (Å²) in [5.41, 5.74) is 1.14. The third-order valence-corrected chi connectivity index (χ3v) is 2.14. The Hall–Kier alpha value is -1.75. The predicted molar refractivity (Wildman–Crippen MR) is 57.5 cm³/mol. The van der Waals surface area contributed by atoms with Crippen molar-refractivity contribution in [3.05, 3.63) is 51.9 Å². The summed E-state index contributed by atoms with van der Waals surface area (Å²) in [6.45, 7) is 0. The van der Waals surface area contributed by atoms with Crippen molar-refractivity contribution < 1.29 is 0 Å². The Kier molecular flexibility index (Phi) is 2.73. The summed E-state index contributed by atoms with van der Waals surface area (Å²) in [6.07, 6.45) is 0.471. The molecule has 0 saturated carbocycles. The number of nitrogens with zero attached hydrogens (tertiary/aromatic N) is 2. The lowest BCUT2D eigenvalue weighted by molar-refractivity contribution is 0.775. The molecule has 0 bridgehead atoms. The molecule has 0 amide bonds. The van der Waals surface area contributed by atoms with E-state index < -0.39 is 0 Å². The summed E-state index contributed by atoms with van der Waals surface area (Å²) in [6, 6.07) is 9.62. The van der Waals surface area contributed by atoms with Crippen molar-refractivity contribution >= 4 is 12.6 Å². The maximum atomic E-state index is 11.4. The van der Waals surface area contributed by atoms with Crippen LogP contribution in [0.3, 0.4) is 0 Å². The van der Waals surface area contributed by atoms with Crippen LogP contribution in [0.1, 0.15) is 11.3 Å². The van der Waals surface area contributed by atoms with E-state index in [1.54, 1.807) is 0 Å². The second-order valence-corrected chi connectivity index (χ2v) is 3.46. The first-order valence-corrected chi connectivity index (χ1v) is 4.83. The minimum absolute atomic E-state index is 0.122. The lowest BCUT2D eigenvalue weighted by Gasteiger charge is -2.03. The highest BCUT2D eigenvalue weighted by Gasteiger charge is 2.02. The maximum Gasteiger partial charge on any atom is 0.271 e. The van der Waals surface area contributed by atoms with Gasteiger partial charge in [-0.3, -0.25) is 4.79 Å². The molecular weight excluding hydrogens is 210 g/mol. The molecule has 15 heavy (non-hydrogen) atoms. The van der Waals surface area contributed by atoms with E-state index in [1.165, 1.54) is 0 Å². The molecule has 2 rings (SSSR count). The summed E-state index contributed by atoms with van der Waals surface area (Å²) >= 11 is 4.69. The number of H-pyrrole nitrogens is 1. The number of nitrogens with one attached hydrogen (secondary N) is 1. The van der Waals surface area contributed by atoms with E-state index in [2.05, 4.69) is 15.2 Å². The topological polar surface area (TPSA) is 58.6 Å². The van der Waals surface area contributed by atoms with Crippen LogP contribution >= 0.6 is 0 Å². The van der Waals surface area contributed by atoms with Gasteiger partial charge in [-0.15, -0.1) is 5.10 Å². The molecule has 0 fully saturated rings. The molecule has 1 aromatic heterocycles. The standard InChI is InChI=1S/C10H9N3OS/c14-9-8(12-13-10(15)11-9)6-7-4-2-1-3-5-7/h1-5H,6H2,(H2,11,13,14,15)/p-1. The van der Waals surface area contributed by atoms with Crippen molar-refractivity contribution in [2.24, 2.45) is 0 Å². The fourth-order valence-electron chi connectivity index (χ4n) is 1.25. The molecule has 0 unspecified atom stereocenters. The van der Waals surface area contributed by atoms with E-state index in [9.17, 15) is 4.79 Å². The van der Waals surface area contributed by atoms with Crippen molar-refractivity contribution in [3.8, 4) is 0 Å². The van der Waals surface area contributed by atoms with Crippen molar-refractivity contribution in [3.63, 3.8) is 0 Å². The van der Waals surface area contributed by atoms with Crippen molar-refractivity contribution in [1.29, 1.82) is 0 Å². The summed E-state index contributed by atoms with van der Waals surface area (Å²) in [4.78, 5) is 13.9. The summed E-state index contributed by atoms with van der Waals surface area (Å²) in [5.74, 6) is 0. The van der Waals surface area contributed by atoms with Crippen molar-refractivity contribution in [1.82, 2.24) is 15.2 Å². The fraction of sp³-hybridized carbons (Fsp3) is 0.100. The van der Waals surface area contributed by atoms with Gasteiger partial charge >= 0.3 is 0 Å². The lowest BCUT2D eigenvalue weighted by atomic mass is 10.1. The van der Waals surface area contributed by atoms with Gasteiger partial charge in [-0.2, -0.15) is 5.10 Å². The molecule has 0 aliphatic carbocycles. The van der Waals surface area contributed by atoms with E-state index in [-0.39, 0.29) is 10.7 Å². The molecule has 2 aromatic rings. The van der Waals surface area contributed by atoms with Crippen LogP contribution in [-0.4, -0.2) is 15.2 Å². The highest BCUT2D eigenvalue weighted by atomic mass is 32.1. The SMILES string of the molecule is O=c1[nH]c([S-])nnc1Cc1ccccc1. The summed E-state index contributed by atoms with van der Waals surface area (Å²) < 4.78 is 0. The molecule has 4 nitrogen and oxygen atoms in total. The molecule has 0 radical (unpaired) electrons. The Labute approximate surface area is 91.8 Å². The van der Waals surface area contributed by atoms with Crippen LogP contribution in [0.5, 0.6) is 0 Å². The Bertz CT molecular complexity index is 510. The first-order valence-electron chi connectivity index (χ1n) is 4.42. The van der Waals surface area contributed by atoms with Crippen LogP contribution in [0.25, 0.3) is 0 Å². The number of hydrogen-bond donors (Lipinski definition) is 1. The van der Waals surface area contributed by atoms with Crippen LogP contribution in [0, 0.1) is 0 Å². The van der Waals surface area contributed by atoms with Crippen molar-refractivity contribution in [2.45, 2.75) is 11.6 Å². The fourth-order valence-corrected chi connectivity index (χ4v) is 1.38. The molecule has 5 heteroatoms. The molecule has 0 aliphatic rings. The van der Waals surface area contributed by atoms with Gasteiger partial charge in [-0.25, -0.2) is 0 Å². The first kappa shape index (κ1) is 9.79. The molecule has 0 aliphatic heterocycles. The summed E-state index contributed by atoms with van der Waals surface area (Å²) in [5, 5.41) is 7.54. The van der Waals surface area contributed by atoms with Crippen LogP contribution in [0.2, 0.25) is 0 Å². The largest absolute Gasteiger partial charge is 0.740 e. The minimum Gasteiger partial charge on any atom is -0.740 e. The van der Waals surface area contributed by atoms with Gasteiger partial charge in [0.15, 0.2) is 0 Å². The third-order valence-electron chi connectivity index (χ3n) is 1.96. The number of rotatable bonds is 2. The molecule has 1 heterocycles. The van der Waals surface area contributed by atoms with Gasteiger partial charge in [0, 0.05) is 11.6 Å². The lowest BCUT2D eigenvalue weighted by Crippen LogP contribution is -2.17. The van der Waals surface area contributed by atoms with Gasteiger partial charge in [0.2, 0.25) is 0 Å². The zero-order valence-electron chi connectivity index (χ0n) is 7.80. The van der Waals surface area contributed by atoms with E-state index in [1.807, 2.05) is 30.3 Å². The van der Waals surface area contributed by atoms with E-state index in [0.717, 1.165) is 5.56 Å². The molecule has 76 valence electrons. The van der Waals surface area contributed by atoms with Crippen LogP contribution < -0.4 is 5.56 Å². The van der Waals surface area contributed by atoms with Crippen LogP contribution in [-0.2, 0) is 19.0 Å². The van der Waals surface area contributed by atoms with E-state index >= 15 is 0 Å². The van der Waals surface area contributed by atoms with Gasteiger partial charge < -0.3 is 17.6 Å². The Morgan fingerprint density at radius 1 is 1.20 bits per heavy atom. The number of benzene rings is 1. The highest BCUT2D eigenvalue weighted by Crippen LogP contribution is 2.02.